The molecule has 1 heterocycles. The topological polar surface area (TPSA) is 12.9 Å². The van der Waals surface area contributed by atoms with Crippen LogP contribution in [0.2, 0.25) is 0 Å². The Kier molecular flexibility index (Phi) is 2.57. The second-order valence-corrected chi connectivity index (χ2v) is 4.64. The van der Waals surface area contributed by atoms with Gasteiger partial charge in [-0.15, -0.1) is 0 Å². The van der Waals surface area contributed by atoms with Gasteiger partial charge in [-0.25, -0.2) is 0 Å². The third-order valence-corrected chi connectivity index (χ3v) is 4.07. The first kappa shape index (κ1) is 6.31. The van der Waals surface area contributed by atoms with Crippen LogP contribution in [0.1, 0.15) is 0 Å². The fourth-order valence-corrected chi connectivity index (χ4v) is 2.24. The van der Waals surface area contributed by atoms with Crippen LogP contribution < -0.4 is 4.46 Å². The molecule has 1 aromatic heterocycles. The molecule has 0 aliphatic carbocycles. The number of rotatable bonds is 1. The van der Waals surface area contributed by atoms with Gasteiger partial charge in [0.05, 0.1) is 0 Å². The minimum atomic E-state index is 0.565. The molecule has 0 aliphatic heterocycles. The quantitative estimate of drug-likeness (QED) is 0.584. The van der Waals surface area contributed by atoms with Crippen LogP contribution in [0.3, 0.4) is 0 Å². The van der Waals surface area contributed by atoms with E-state index in [1.54, 1.807) is 0 Å². The Morgan fingerprint density at radius 1 is 1.38 bits per heavy atom. The van der Waals surface area contributed by atoms with Gasteiger partial charge in [-0.2, -0.15) is 0 Å². The summed E-state index contributed by atoms with van der Waals surface area (Å²) >= 11 is 3.16. The molecule has 0 N–H and O–H groups in total. The molecule has 1 aromatic rings. The molecule has 0 atom stereocenters. The van der Waals surface area contributed by atoms with Gasteiger partial charge in [-0.05, 0) is 0 Å². The van der Waals surface area contributed by atoms with Crippen molar-refractivity contribution in [2.45, 2.75) is 0 Å². The Balaban J connectivity index is 2.83. The molecule has 0 spiro atoms. The number of pyridine rings is 1. The van der Waals surface area contributed by atoms with Gasteiger partial charge in [-0.3, -0.25) is 0 Å². The van der Waals surface area contributed by atoms with Crippen LogP contribution in [-0.4, -0.2) is 32.3 Å². The molecule has 0 fully saturated rings. The predicted octanol–water partition coefficient (Wildman–Crippen LogP) is -0.773. The average molecular weight is 237 g/mol. The summed E-state index contributed by atoms with van der Waals surface area (Å²) in [6.07, 6.45) is 3.65. The van der Waals surface area contributed by atoms with E-state index in [4.69, 9.17) is 0 Å². The van der Waals surface area contributed by atoms with E-state index >= 15 is 0 Å². The molecule has 0 saturated heterocycles. The molecule has 0 radical (unpaired) electrons. The van der Waals surface area contributed by atoms with E-state index in [-0.39, 0.29) is 0 Å². The molecule has 0 amide bonds. The Morgan fingerprint density at radius 2 is 2.00 bits per heavy atom. The first-order valence-electron chi connectivity index (χ1n) is 2.15. The van der Waals surface area contributed by atoms with Crippen molar-refractivity contribution in [3.05, 3.63) is 24.5 Å². The summed E-state index contributed by atoms with van der Waals surface area (Å²) in [4.78, 5) is 3.90. The number of nitrogens with zero attached hydrogens (tertiary/aromatic N) is 1. The molecule has 0 bridgehead atoms. The molecule has 0 aromatic carbocycles. The van der Waals surface area contributed by atoms with E-state index in [2.05, 4.69) is 19.2 Å². The molecule has 3 heteroatoms. The summed E-state index contributed by atoms with van der Waals surface area (Å²) < 4.78 is 1.38. The normalized spacial score (nSPS) is 9.12. The van der Waals surface area contributed by atoms with Crippen LogP contribution in [0.5, 0.6) is 0 Å². The second kappa shape index (κ2) is 3.26. The maximum atomic E-state index is 3.90. The van der Waals surface area contributed by atoms with E-state index in [9.17, 15) is 0 Å². The standard InChI is InChI=1S/C5H5NSe2/c7-8-5-1-3-6-4-2-5/h1-4,7H. The van der Waals surface area contributed by atoms with Gasteiger partial charge >= 0.3 is 61.3 Å². The summed E-state index contributed by atoms with van der Waals surface area (Å²) in [5, 5.41) is 0. The third kappa shape index (κ3) is 1.61. The Hall–Kier alpha value is 0.189. The maximum absolute atomic E-state index is 3.90. The van der Waals surface area contributed by atoms with Crippen LogP contribution >= 0.6 is 0 Å². The molecule has 1 rings (SSSR count). The van der Waals surface area contributed by atoms with Crippen LogP contribution in [0.15, 0.2) is 24.5 Å². The van der Waals surface area contributed by atoms with Crippen LogP contribution in [0.25, 0.3) is 0 Å². The van der Waals surface area contributed by atoms with E-state index in [0.29, 0.717) is 13.1 Å². The molecule has 0 aliphatic rings. The summed E-state index contributed by atoms with van der Waals surface area (Å²) in [7, 11) is 0. The number of hydrogen-bond donors (Lipinski definition) is 0. The van der Waals surface area contributed by atoms with Crippen LogP contribution in [0, 0.1) is 0 Å². The van der Waals surface area contributed by atoms with Crippen molar-refractivity contribution in [2.24, 2.45) is 0 Å². The van der Waals surface area contributed by atoms with Gasteiger partial charge in [0.25, 0.3) is 0 Å². The number of aromatic nitrogens is 1. The Labute approximate surface area is 61.4 Å². The SMILES string of the molecule is [SeH][Se]c1ccncc1. The second-order valence-electron chi connectivity index (χ2n) is 1.27. The predicted molar refractivity (Wildman–Crippen MR) is 36.8 cm³/mol. The van der Waals surface area contributed by atoms with Crippen LogP contribution in [-0.2, 0) is 0 Å². The third-order valence-electron chi connectivity index (χ3n) is 0.755. The van der Waals surface area contributed by atoms with Gasteiger partial charge in [0, 0.05) is 0 Å². The Bertz CT molecular complexity index is 152. The molecule has 42 valence electrons. The molecule has 0 saturated carbocycles. The van der Waals surface area contributed by atoms with Gasteiger partial charge < -0.3 is 0 Å². The molecular formula is C5H5NSe2. The van der Waals surface area contributed by atoms with Gasteiger partial charge in [0.15, 0.2) is 0 Å². The summed E-state index contributed by atoms with van der Waals surface area (Å²) in [5.41, 5.74) is 0. The van der Waals surface area contributed by atoms with Crippen molar-refractivity contribution in [1.29, 1.82) is 0 Å². The minimum absolute atomic E-state index is 0.565. The van der Waals surface area contributed by atoms with Gasteiger partial charge in [0.2, 0.25) is 0 Å². The molecule has 8 heavy (non-hydrogen) atoms. The summed E-state index contributed by atoms with van der Waals surface area (Å²) in [5.74, 6) is 0. The van der Waals surface area contributed by atoms with Crippen molar-refractivity contribution in [3.8, 4) is 0 Å². The van der Waals surface area contributed by atoms with E-state index in [0.717, 1.165) is 0 Å². The first-order valence-corrected chi connectivity index (χ1v) is 7.75. The molecular weight excluding hydrogens is 232 g/mol. The first-order chi connectivity index (χ1) is 3.93. The number of hydrogen-bond acceptors (Lipinski definition) is 1. The van der Waals surface area contributed by atoms with Gasteiger partial charge in [-0.1, -0.05) is 0 Å². The van der Waals surface area contributed by atoms with Crippen molar-refractivity contribution >= 4 is 31.8 Å². The Morgan fingerprint density at radius 3 is 2.38 bits per heavy atom. The average Bonchev–Trinajstić information content (AvgIpc) is 1.90. The van der Waals surface area contributed by atoms with E-state index in [1.165, 1.54) is 4.46 Å². The van der Waals surface area contributed by atoms with Crippen molar-refractivity contribution in [3.63, 3.8) is 0 Å². The van der Waals surface area contributed by atoms with Crippen LogP contribution in [0.4, 0.5) is 0 Å². The zero-order chi connectivity index (χ0) is 5.82. The molecule has 0 unspecified atom stereocenters. The van der Waals surface area contributed by atoms with Gasteiger partial charge in [0.1, 0.15) is 0 Å². The van der Waals surface area contributed by atoms with Crippen molar-refractivity contribution in [1.82, 2.24) is 4.98 Å². The van der Waals surface area contributed by atoms with Crippen molar-refractivity contribution in [2.75, 3.05) is 0 Å². The monoisotopic (exact) mass is 239 g/mol. The summed E-state index contributed by atoms with van der Waals surface area (Å²) in [6, 6.07) is 4.08. The fraction of sp³-hybridized carbons (Fsp3) is 0. The molecule has 1 nitrogen and oxygen atoms in total. The fourth-order valence-electron chi connectivity index (χ4n) is 0.399. The summed E-state index contributed by atoms with van der Waals surface area (Å²) in [6.45, 7) is 0. The zero-order valence-electron chi connectivity index (χ0n) is 4.11. The zero-order valence-corrected chi connectivity index (χ0v) is 7.70. The van der Waals surface area contributed by atoms with E-state index in [1.807, 2.05) is 24.5 Å². The van der Waals surface area contributed by atoms with Crippen molar-refractivity contribution < 1.29 is 0 Å². The van der Waals surface area contributed by atoms with E-state index < -0.39 is 0 Å².